The van der Waals surface area contributed by atoms with E-state index in [4.69, 9.17) is 23.7 Å². The van der Waals surface area contributed by atoms with Crippen molar-refractivity contribution in [2.24, 2.45) is 4.99 Å². The number of rotatable bonds is 10. The van der Waals surface area contributed by atoms with E-state index in [9.17, 15) is 9.90 Å². The first kappa shape index (κ1) is 33.4. The molecule has 2 aliphatic heterocycles. The fourth-order valence-electron chi connectivity index (χ4n) is 6.61. The number of imidazole rings is 1. The Balaban J connectivity index is 1.19. The number of ether oxygens (including phenoxy) is 5. The van der Waals surface area contributed by atoms with Crippen molar-refractivity contribution < 1.29 is 28.8 Å². The minimum absolute atomic E-state index is 0.0412. The van der Waals surface area contributed by atoms with E-state index < -0.39 is 29.6 Å². The van der Waals surface area contributed by atoms with Gasteiger partial charge in [-0.2, -0.15) is 4.98 Å². The van der Waals surface area contributed by atoms with E-state index in [1.807, 2.05) is 85.8 Å². The monoisotopic (exact) mass is 680 g/mol. The van der Waals surface area contributed by atoms with Crippen molar-refractivity contribution in [2.45, 2.75) is 37.4 Å². The van der Waals surface area contributed by atoms with Gasteiger partial charge in [0.1, 0.15) is 35.3 Å². The molecule has 0 bridgehead atoms. The average Bonchev–Trinajstić information content (AvgIpc) is 3.76. The Morgan fingerprint density at radius 1 is 0.960 bits per heavy atom. The summed E-state index contributed by atoms with van der Waals surface area (Å²) in [5, 5.41) is 11.4. The maximum atomic E-state index is 13.0. The van der Waals surface area contributed by atoms with E-state index in [0.29, 0.717) is 43.4 Å². The number of aromatic amines is 1. The maximum absolute atomic E-state index is 13.0. The van der Waals surface area contributed by atoms with Gasteiger partial charge in [-0.25, -0.2) is 9.98 Å². The number of morpholine rings is 1. The topological polar surface area (TPSA) is 146 Å². The summed E-state index contributed by atoms with van der Waals surface area (Å²) in [4.78, 5) is 31.4. The number of hydrogen-bond donors (Lipinski definition) is 2. The predicted molar refractivity (Wildman–Crippen MR) is 186 cm³/mol. The van der Waals surface area contributed by atoms with Gasteiger partial charge in [-0.15, -0.1) is 0 Å². The van der Waals surface area contributed by atoms with Crippen molar-refractivity contribution in [3.05, 3.63) is 112 Å². The standard InChI is InChI=1S/C37H40N6O7/c1-24(42-17-19-48-20-18-42)39-36-40-34-33(35(45)41-36)38-23-43(34)32-21-30(44)31(50-32)22-49-37(25-7-5-4-6-8-25,26-9-13-28(46-2)14-10-26)27-11-15-29(47-3)16-12-27/h4-16,23,30-32,44H,17-22H2,1-3H3,(H,40,41,45)/b39-24+/t30?,31-,32-/m1/s1. The number of methoxy groups -OCH3 is 2. The van der Waals surface area contributed by atoms with Crippen molar-refractivity contribution in [1.29, 1.82) is 0 Å². The molecule has 7 rings (SSSR count). The quantitative estimate of drug-likeness (QED) is 0.125. The minimum Gasteiger partial charge on any atom is -0.497 e. The molecule has 0 spiro atoms. The van der Waals surface area contributed by atoms with Gasteiger partial charge in [-0.3, -0.25) is 14.3 Å². The molecule has 1 unspecified atom stereocenters. The molecule has 3 aromatic carbocycles. The number of aliphatic hydroxyl groups excluding tert-OH is 1. The smallest absolute Gasteiger partial charge is 0.280 e. The number of aromatic nitrogens is 4. The van der Waals surface area contributed by atoms with Crippen molar-refractivity contribution in [3.8, 4) is 11.5 Å². The normalized spacial score (nSPS) is 20.0. The third-order valence-corrected chi connectivity index (χ3v) is 9.31. The van der Waals surface area contributed by atoms with Crippen LogP contribution in [0.4, 0.5) is 5.95 Å². The minimum atomic E-state index is -1.08. The fourth-order valence-corrected chi connectivity index (χ4v) is 6.61. The van der Waals surface area contributed by atoms with E-state index in [2.05, 4.69) is 24.8 Å². The van der Waals surface area contributed by atoms with Crippen LogP contribution in [0.5, 0.6) is 11.5 Å². The molecule has 3 atom stereocenters. The number of aliphatic hydroxyl groups is 1. The first-order valence-corrected chi connectivity index (χ1v) is 16.6. The van der Waals surface area contributed by atoms with E-state index in [-0.39, 0.29) is 24.5 Å². The maximum Gasteiger partial charge on any atom is 0.280 e. The molecule has 2 saturated heterocycles. The number of H-pyrrole nitrogens is 1. The number of nitrogens with zero attached hydrogens (tertiary/aromatic N) is 5. The lowest BCUT2D eigenvalue weighted by atomic mass is 9.80. The van der Waals surface area contributed by atoms with Gasteiger partial charge < -0.3 is 33.7 Å². The molecule has 0 aliphatic carbocycles. The lowest BCUT2D eigenvalue weighted by Crippen LogP contribution is -2.39. The van der Waals surface area contributed by atoms with Crippen LogP contribution < -0.4 is 15.0 Å². The summed E-state index contributed by atoms with van der Waals surface area (Å²) in [7, 11) is 3.26. The number of fused-ring (bicyclic) bond motifs is 1. The molecule has 2 aliphatic rings. The average molecular weight is 681 g/mol. The van der Waals surface area contributed by atoms with Crippen LogP contribution in [-0.4, -0.2) is 94.7 Å². The molecule has 50 heavy (non-hydrogen) atoms. The predicted octanol–water partition coefficient (Wildman–Crippen LogP) is 4.18. The Morgan fingerprint density at radius 2 is 1.58 bits per heavy atom. The zero-order valence-corrected chi connectivity index (χ0v) is 28.2. The molecule has 4 heterocycles. The molecule has 2 aromatic heterocycles. The summed E-state index contributed by atoms with van der Waals surface area (Å²) in [6.45, 7) is 4.56. The second-order valence-corrected chi connectivity index (χ2v) is 12.2. The molecule has 2 N–H and O–H groups in total. The third kappa shape index (κ3) is 6.48. The highest BCUT2D eigenvalue weighted by Gasteiger charge is 2.42. The molecular weight excluding hydrogens is 640 g/mol. The summed E-state index contributed by atoms with van der Waals surface area (Å²) in [5.74, 6) is 2.32. The van der Waals surface area contributed by atoms with Crippen LogP contribution in [0.1, 0.15) is 36.3 Å². The zero-order valence-electron chi connectivity index (χ0n) is 28.2. The highest BCUT2D eigenvalue weighted by atomic mass is 16.6. The van der Waals surface area contributed by atoms with Gasteiger partial charge in [0.15, 0.2) is 11.2 Å². The van der Waals surface area contributed by atoms with E-state index in [1.54, 1.807) is 18.8 Å². The van der Waals surface area contributed by atoms with Gasteiger partial charge in [0.05, 0.1) is 46.5 Å². The fraction of sp³-hybridized carbons (Fsp3) is 0.351. The van der Waals surface area contributed by atoms with E-state index in [0.717, 1.165) is 22.5 Å². The first-order chi connectivity index (χ1) is 24.4. The van der Waals surface area contributed by atoms with Crippen LogP contribution in [0.2, 0.25) is 0 Å². The molecule has 0 amide bonds. The van der Waals surface area contributed by atoms with Crippen LogP contribution in [-0.2, 0) is 19.8 Å². The molecule has 0 saturated carbocycles. The van der Waals surface area contributed by atoms with Crippen molar-refractivity contribution in [3.63, 3.8) is 0 Å². The number of aliphatic imine (C=N–C) groups is 1. The van der Waals surface area contributed by atoms with Gasteiger partial charge in [0.25, 0.3) is 5.56 Å². The van der Waals surface area contributed by atoms with Crippen LogP contribution in [0, 0.1) is 0 Å². The zero-order chi connectivity index (χ0) is 34.7. The van der Waals surface area contributed by atoms with Crippen LogP contribution in [0.25, 0.3) is 11.2 Å². The van der Waals surface area contributed by atoms with Crippen molar-refractivity contribution in [1.82, 2.24) is 24.4 Å². The third-order valence-electron chi connectivity index (χ3n) is 9.31. The summed E-state index contributed by atoms with van der Waals surface area (Å²) in [6, 6.07) is 25.4. The Labute approximate surface area is 289 Å². The van der Waals surface area contributed by atoms with Gasteiger partial charge in [0, 0.05) is 19.5 Å². The van der Waals surface area contributed by atoms with Crippen molar-refractivity contribution >= 4 is 22.9 Å². The summed E-state index contributed by atoms with van der Waals surface area (Å²) in [6.07, 6.45) is -0.481. The SMILES string of the molecule is COc1ccc(C(OC[C@H]2O[C@@H](n3cnc4c(=O)[nH]c(/N=C(\C)N5CCOCC5)nc43)CC2O)(c2ccccc2)c2ccc(OC)cc2)cc1. The molecular formula is C37H40N6O7. The lowest BCUT2D eigenvalue weighted by Gasteiger charge is -2.37. The first-order valence-electron chi connectivity index (χ1n) is 16.6. The second kappa shape index (κ2) is 14.4. The summed E-state index contributed by atoms with van der Waals surface area (Å²) >= 11 is 0. The second-order valence-electron chi connectivity index (χ2n) is 12.2. The Morgan fingerprint density at radius 3 is 2.20 bits per heavy atom. The summed E-state index contributed by atoms with van der Waals surface area (Å²) in [5.41, 5.74) is 1.61. The van der Waals surface area contributed by atoms with Crippen LogP contribution >= 0.6 is 0 Å². The number of amidine groups is 1. The van der Waals surface area contributed by atoms with Crippen LogP contribution in [0.3, 0.4) is 0 Å². The van der Waals surface area contributed by atoms with Gasteiger partial charge in [-0.1, -0.05) is 54.6 Å². The van der Waals surface area contributed by atoms with Crippen LogP contribution in [0.15, 0.2) is 95.0 Å². The lowest BCUT2D eigenvalue weighted by molar-refractivity contribution is -0.0931. The molecule has 5 aromatic rings. The summed E-state index contributed by atoms with van der Waals surface area (Å²) < 4.78 is 31.5. The number of hydrogen-bond acceptors (Lipinski definition) is 10. The largest absolute Gasteiger partial charge is 0.497 e. The Kier molecular flexibility index (Phi) is 9.63. The molecule has 13 nitrogen and oxygen atoms in total. The van der Waals surface area contributed by atoms with E-state index in [1.165, 1.54) is 6.33 Å². The molecule has 0 radical (unpaired) electrons. The molecule has 260 valence electrons. The van der Waals surface area contributed by atoms with E-state index >= 15 is 0 Å². The highest BCUT2D eigenvalue weighted by Crippen LogP contribution is 2.43. The highest BCUT2D eigenvalue weighted by molar-refractivity contribution is 5.82. The molecule has 13 heteroatoms. The van der Waals surface area contributed by atoms with Gasteiger partial charge in [-0.05, 0) is 47.9 Å². The van der Waals surface area contributed by atoms with Gasteiger partial charge in [0.2, 0.25) is 5.95 Å². The Hall–Kier alpha value is -5.08. The van der Waals surface area contributed by atoms with Gasteiger partial charge >= 0.3 is 0 Å². The number of benzene rings is 3. The van der Waals surface area contributed by atoms with Crippen molar-refractivity contribution in [2.75, 3.05) is 47.1 Å². The Bertz CT molecular complexity index is 1940. The number of nitrogens with one attached hydrogen (secondary N) is 1. The molecule has 2 fully saturated rings.